The summed E-state index contributed by atoms with van der Waals surface area (Å²) in [5, 5.41) is 12.2. The number of carboxylic acids is 1. The zero-order valence-electron chi connectivity index (χ0n) is 16.2. The van der Waals surface area contributed by atoms with Crippen molar-refractivity contribution < 1.29 is 23.8 Å². The van der Waals surface area contributed by atoms with Gasteiger partial charge in [-0.15, -0.1) is 0 Å². The lowest BCUT2D eigenvalue weighted by molar-refractivity contribution is 0.0690. The molecule has 0 saturated carbocycles. The molecule has 2 N–H and O–H groups in total. The molecule has 0 fully saturated rings. The predicted molar refractivity (Wildman–Crippen MR) is 110 cm³/mol. The number of carboxylic acid groups (broad SMARTS) is 1. The van der Waals surface area contributed by atoms with E-state index in [1.807, 2.05) is 31.2 Å². The van der Waals surface area contributed by atoms with Crippen LogP contribution < -0.4 is 14.8 Å². The summed E-state index contributed by atoms with van der Waals surface area (Å²) in [6, 6.07) is 16.3. The van der Waals surface area contributed by atoms with E-state index in [1.165, 1.54) is 12.3 Å². The van der Waals surface area contributed by atoms with Gasteiger partial charge in [0.05, 0.1) is 6.61 Å². The number of carbonyl (C=O) groups is 1. The van der Waals surface area contributed by atoms with Gasteiger partial charge in [0, 0.05) is 30.4 Å². The summed E-state index contributed by atoms with van der Waals surface area (Å²) in [5.74, 6) is 0.562. The van der Waals surface area contributed by atoms with E-state index in [9.17, 15) is 4.79 Å². The average molecular weight is 405 g/mol. The Morgan fingerprint density at radius 1 is 1.13 bits per heavy atom. The monoisotopic (exact) mass is 405 g/mol. The van der Waals surface area contributed by atoms with Crippen molar-refractivity contribution in [3.05, 3.63) is 72.1 Å². The molecule has 8 nitrogen and oxygen atoms in total. The molecule has 0 radical (unpaired) electrons. The molecule has 30 heavy (non-hydrogen) atoms. The van der Waals surface area contributed by atoms with Gasteiger partial charge in [-0.3, -0.25) is 0 Å². The molecule has 0 unspecified atom stereocenters. The molecule has 2 aromatic carbocycles. The summed E-state index contributed by atoms with van der Waals surface area (Å²) in [7, 11) is 0. The number of fused-ring (bicyclic) bond motifs is 1. The third-order valence-electron chi connectivity index (χ3n) is 4.25. The number of hydrogen-bond acceptors (Lipinski definition) is 7. The lowest BCUT2D eigenvalue weighted by Gasteiger charge is -2.09. The molecule has 8 heteroatoms. The van der Waals surface area contributed by atoms with Crippen LogP contribution in [-0.2, 0) is 6.54 Å². The molecule has 0 saturated heterocycles. The third-order valence-corrected chi connectivity index (χ3v) is 4.25. The van der Waals surface area contributed by atoms with Gasteiger partial charge in [-0.2, -0.15) is 4.98 Å². The minimum Gasteiger partial charge on any atom is -0.494 e. The minimum atomic E-state index is -1.12. The molecule has 0 amide bonds. The van der Waals surface area contributed by atoms with Crippen molar-refractivity contribution in [2.24, 2.45) is 0 Å². The molecule has 152 valence electrons. The van der Waals surface area contributed by atoms with Crippen LogP contribution >= 0.6 is 0 Å². The van der Waals surface area contributed by atoms with E-state index >= 15 is 0 Å². The molecular weight excluding hydrogens is 386 g/mol. The number of benzene rings is 2. The van der Waals surface area contributed by atoms with E-state index < -0.39 is 5.97 Å². The lowest BCUT2D eigenvalue weighted by Crippen LogP contribution is -2.03. The highest BCUT2D eigenvalue weighted by Gasteiger charge is 2.10. The van der Waals surface area contributed by atoms with E-state index in [0.29, 0.717) is 41.8 Å². The van der Waals surface area contributed by atoms with Gasteiger partial charge in [0.1, 0.15) is 22.8 Å². The minimum absolute atomic E-state index is 0.0907. The average Bonchev–Trinajstić information content (AvgIpc) is 3.16. The Hall–Kier alpha value is -4.07. The molecule has 2 aromatic heterocycles. The van der Waals surface area contributed by atoms with Crippen molar-refractivity contribution in [1.82, 2.24) is 9.97 Å². The second kappa shape index (κ2) is 8.52. The first kappa shape index (κ1) is 19.3. The zero-order valence-corrected chi connectivity index (χ0v) is 16.2. The van der Waals surface area contributed by atoms with Crippen molar-refractivity contribution in [3.63, 3.8) is 0 Å². The first-order valence-corrected chi connectivity index (χ1v) is 9.35. The highest BCUT2D eigenvalue weighted by Crippen LogP contribution is 2.28. The smallest absolute Gasteiger partial charge is 0.354 e. The summed E-state index contributed by atoms with van der Waals surface area (Å²) >= 11 is 0. The summed E-state index contributed by atoms with van der Waals surface area (Å²) in [5.41, 5.74) is 2.12. The van der Waals surface area contributed by atoms with Gasteiger partial charge in [0.2, 0.25) is 0 Å². The van der Waals surface area contributed by atoms with Gasteiger partial charge in [-0.05, 0) is 31.2 Å². The Balaban J connectivity index is 1.49. The van der Waals surface area contributed by atoms with Crippen molar-refractivity contribution in [1.29, 1.82) is 0 Å². The lowest BCUT2D eigenvalue weighted by atomic mass is 10.2. The van der Waals surface area contributed by atoms with Crippen LogP contribution in [0.15, 0.2) is 65.2 Å². The molecule has 0 aliphatic carbocycles. The number of aromatic nitrogens is 2. The topological polar surface area (TPSA) is 107 Å². The molecule has 0 aliphatic heterocycles. The number of hydrogen-bond donors (Lipinski definition) is 2. The number of nitrogens with zero attached hydrogens (tertiary/aromatic N) is 2. The number of oxazole rings is 1. The van der Waals surface area contributed by atoms with E-state index in [2.05, 4.69) is 15.3 Å². The van der Waals surface area contributed by atoms with Crippen LogP contribution in [0, 0.1) is 0 Å². The summed E-state index contributed by atoms with van der Waals surface area (Å²) in [4.78, 5) is 19.2. The van der Waals surface area contributed by atoms with E-state index in [4.69, 9.17) is 19.0 Å². The Morgan fingerprint density at radius 2 is 1.97 bits per heavy atom. The number of rotatable bonds is 8. The van der Waals surface area contributed by atoms with Crippen LogP contribution in [0.3, 0.4) is 0 Å². The van der Waals surface area contributed by atoms with Gasteiger partial charge < -0.3 is 24.3 Å². The zero-order chi connectivity index (χ0) is 20.9. The number of para-hydroxylation sites is 1. The number of ether oxygens (including phenoxy) is 2. The maximum absolute atomic E-state index is 11.0. The van der Waals surface area contributed by atoms with Crippen molar-refractivity contribution in [3.8, 4) is 17.2 Å². The number of pyridine rings is 1. The van der Waals surface area contributed by atoms with Gasteiger partial charge in [-0.1, -0.05) is 18.2 Å². The summed E-state index contributed by atoms with van der Waals surface area (Å²) in [6.45, 7) is 3.04. The Bertz CT molecular complexity index is 1190. The maximum Gasteiger partial charge on any atom is 0.354 e. The van der Waals surface area contributed by atoms with Crippen LogP contribution in [0.2, 0.25) is 0 Å². The molecular formula is C22H19N3O5. The molecule has 4 aromatic rings. The third kappa shape index (κ3) is 4.33. The standard InChI is InChI=1S/C22H19N3O5/c1-2-28-19-6-4-3-5-14(19)13-24-22-25-17-8-7-15(12-20(17)30-22)29-16-9-10-23-18(11-16)21(26)27/h3-12H,2,13H2,1H3,(H,24,25)(H,26,27). The fourth-order valence-electron chi connectivity index (χ4n) is 2.89. The van der Waals surface area contributed by atoms with Gasteiger partial charge >= 0.3 is 5.97 Å². The molecule has 0 atom stereocenters. The highest BCUT2D eigenvalue weighted by atomic mass is 16.5. The Morgan fingerprint density at radius 3 is 2.80 bits per heavy atom. The van der Waals surface area contributed by atoms with Crippen LogP contribution in [0.4, 0.5) is 6.01 Å². The van der Waals surface area contributed by atoms with Crippen LogP contribution in [-0.4, -0.2) is 27.7 Å². The van der Waals surface area contributed by atoms with E-state index in [-0.39, 0.29) is 5.69 Å². The molecule has 0 bridgehead atoms. The van der Waals surface area contributed by atoms with E-state index in [0.717, 1.165) is 11.3 Å². The normalized spacial score (nSPS) is 10.7. The largest absolute Gasteiger partial charge is 0.494 e. The molecule has 4 rings (SSSR count). The summed E-state index contributed by atoms with van der Waals surface area (Å²) in [6.07, 6.45) is 1.38. The van der Waals surface area contributed by atoms with E-state index in [1.54, 1.807) is 24.3 Å². The predicted octanol–water partition coefficient (Wildman–Crippen LogP) is 4.72. The van der Waals surface area contributed by atoms with Gasteiger partial charge in [0.25, 0.3) is 6.01 Å². The maximum atomic E-state index is 11.0. The van der Waals surface area contributed by atoms with Crippen molar-refractivity contribution in [2.75, 3.05) is 11.9 Å². The van der Waals surface area contributed by atoms with Crippen LogP contribution in [0.25, 0.3) is 11.1 Å². The number of anilines is 1. The van der Waals surface area contributed by atoms with Gasteiger partial charge in [0.15, 0.2) is 11.3 Å². The van der Waals surface area contributed by atoms with Crippen molar-refractivity contribution >= 4 is 23.1 Å². The van der Waals surface area contributed by atoms with Crippen molar-refractivity contribution in [2.45, 2.75) is 13.5 Å². The van der Waals surface area contributed by atoms with Crippen LogP contribution in [0.1, 0.15) is 23.0 Å². The van der Waals surface area contributed by atoms with Gasteiger partial charge in [-0.25, -0.2) is 9.78 Å². The quantitative estimate of drug-likeness (QED) is 0.433. The SMILES string of the molecule is CCOc1ccccc1CNc1nc2ccc(Oc3ccnc(C(=O)O)c3)cc2o1. The molecule has 0 aliphatic rings. The van der Waals surface area contributed by atoms with Crippen LogP contribution in [0.5, 0.6) is 17.2 Å². The second-order valence-corrected chi connectivity index (χ2v) is 6.33. The molecule has 0 spiro atoms. The highest BCUT2D eigenvalue weighted by molar-refractivity contribution is 5.85. The fourth-order valence-corrected chi connectivity index (χ4v) is 2.89. The first-order valence-electron chi connectivity index (χ1n) is 9.35. The summed E-state index contributed by atoms with van der Waals surface area (Å²) < 4.78 is 17.1. The Labute approximate surface area is 172 Å². The molecule has 2 heterocycles. The fraction of sp³-hybridized carbons (Fsp3) is 0.136. The number of aromatic carboxylic acids is 1. The Kier molecular flexibility index (Phi) is 5.47. The second-order valence-electron chi connectivity index (χ2n) is 6.33. The number of nitrogens with one attached hydrogen (secondary N) is 1. The first-order chi connectivity index (χ1) is 14.6.